The van der Waals surface area contributed by atoms with Gasteiger partial charge in [0.25, 0.3) is 0 Å². The maximum atomic E-state index is 12.8. The normalized spacial score (nSPS) is 16.9. The van der Waals surface area contributed by atoms with Crippen molar-refractivity contribution in [3.63, 3.8) is 0 Å². The van der Waals surface area contributed by atoms with Crippen molar-refractivity contribution >= 4 is 35.5 Å². The summed E-state index contributed by atoms with van der Waals surface area (Å²) in [6.45, 7) is 8.72. The first-order valence-corrected chi connectivity index (χ1v) is 12.3. The predicted molar refractivity (Wildman–Crippen MR) is 125 cm³/mol. The van der Waals surface area contributed by atoms with Crippen LogP contribution in [0.25, 0.3) is 0 Å². The minimum atomic E-state index is -1.31. The average Bonchev–Trinajstić information content (AvgIpc) is 2.71. The van der Waals surface area contributed by atoms with Crippen LogP contribution >= 0.6 is 11.8 Å². The quantitative estimate of drug-likeness (QED) is 0.193. The number of hydrogen-bond acceptors (Lipinski definition) is 7. The SMILES string of the molecule is CCC(C)C(N)C(=O)NC(C(=O)NC(CCSC)C(=O)NC(CC(C)C)C(=O)O)C(C)O. The summed E-state index contributed by atoms with van der Waals surface area (Å²) in [4.78, 5) is 49.5. The van der Waals surface area contributed by atoms with Crippen LogP contribution in [0, 0.1) is 11.8 Å². The van der Waals surface area contributed by atoms with Crippen LogP contribution in [-0.2, 0) is 19.2 Å². The van der Waals surface area contributed by atoms with Gasteiger partial charge in [0, 0.05) is 0 Å². The van der Waals surface area contributed by atoms with Gasteiger partial charge in [-0.3, -0.25) is 14.4 Å². The number of thioether (sulfide) groups is 1. The Hall–Kier alpha value is -1.85. The fourth-order valence-electron chi connectivity index (χ4n) is 2.90. The van der Waals surface area contributed by atoms with Crippen LogP contribution in [0.3, 0.4) is 0 Å². The highest BCUT2D eigenvalue weighted by Gasteiger charge is 2.33. The van der Waals surface area contributed by atoms with Crippen LogP contribution in [0.2, 0.25) is 0 Å². The molecule has 6 atom stereocenters. The summed E-state index contributed by atoms with van der Waals surface area (Å²) in [5, 5.41) is 26.9. The Kier molecular flexibility index (Phi) is 14.2. The number of amides is 3. The smallest absolute Gasteiger partial charge is 0.326 e. The Balaban J connectivity index is 5.42. The highest BCUT2D eigenvalue weighted by molar-refractivity contribution is 7.98. The molecule has 186 valence electrons. The molecule has 3 amide bonds. The highest BCUT2D eigenvalue weighted by atomic mass is 32.2. The van der Waals surface area contributed by atoms with Crippen LogP contribution in [-0.4, -0.2) is 76.2 Å². The van der Waals surface area contributed by atoms with Crippen molar-refractivity contribution in [2.24, 2.45) is 17.6 Å². The van der Waals surface area contributed by atoms with Gasteiger partial charge in [-0.2, -0.15) is 11.8 Å². The van der Waals surface area contributed by atoms with Crippen LogP contribution in [0.5, 0.6) is 0 Å². The standard InChI is InChI=1S/C21H40N4O6S/c1-7-12(4)16(22)19(28)25-17(13(5)26)20(29)23-14(8-9-32-6)18(27)24-15(21(30)31)10-11(2)3/h11-17,26H,7-10,22H2,1-6H3,(H,23,29)(H,24,27)(H,25,28)(H,30,31). The number of carbonyl (C=O) groups excluding carboxylic acids is 3. The Bertz CT molecular complexity index is 631. The van der Waals surface area contributed by atoms with E-state index in [0.29, 0.717) is 12.2 Å². The number of aliphatic hydroxyl groups excluding tert-OH is 1. The maximum absolute atomic E-state index is 12.8. The van der Waals surface area contributed by atoms with Crippen molar-refractivity contribution in [2.45, 2.75) is 84.2 Å². The fraction of sp³-hybridized carbons (Fsp3) is 0.810. The molecular formula is C21H40N4O6S. The van der Waals surface area contributed by atoms with E-state index in [9.17, 15) is 29.4 Å². The molecule has 0 aliphatic rings. The molecule has 0 spiro atoms. The highest BCUT2D eigenvalue weighted by Crippen LogP contribution is 2.09. The lowest BCUT2D eigenvalue weighted by Crippen LogP contribution is -2.60. The van der Waals surface area contributed by atoms with Gasteiger partial charge in [-0.1, -0.05) is 34.1 Å². The van der Waals surface area contributed by atoms with Gasteiger partial charge in [0.1, 0.15) is 18.1 Å². The van der Waals surface area contributed by atoms with Crippen molar-refractivity contribution in [1.29, 1.82) is 0 Å². The van der Waals surface area contributed by atoms with Gasteiger partial charge in [0.2, 0.25) is 17.7 Å². The van der Waals surface area contributed by atoms with E-state index in [1.54, 1.807) is 6.92 Å². The molecule has 0 fully saturated rings. The van der Waals surface area contributed by atoms with Gasteiger partial charge < -0.3 is 31.9 Å². The number of nitrogens with two attached hydrogens (primary N) is 1. The largest absolute Gasteiger partial charge is 0.480 e. The van der Waals surface area contributed by atoms with E-state index in [4.69, 9.17) is 5.73 Å². The lowest BCUT2D eigenvalue weighted by molar-refractivity contribution is -0.143. The molecule has 6 unspecified atom stereocenters. The first kappa shape index (κ1) is 30.1. The summed E-state index contributed by atoms with van der Waals surface area (Å²) in [5.41, 5.74) is 5.91. The van der Waals surface area contributed by atoms with Crippen LogP contribution in [0.15, 0.2) is 0 Å². The number of carbonyl (C=O) groups is 4. The number of nitrogens with one attached hydrogen (secondary N) is 3. The summed E-state index contributed by atoms with van der Waals surface area (Å²) < 4.78 is 0. The number of rotatable bonds is 15. The van der Waals surface area contributed by atoms with Crippen molar-refractivity contribution in [3.8, 4) is 0 Å². The van der Waals surface area contributed by atoms with Gasteiger partial charge in [0.05, 0.1) is 12.1 Å². The molecule has 0 bridgehead atoms. The molecule has 0 saturated carbocycles. The molecule has 0 aliphatic carbocycles. The van der Waals surface area contributed by atoms with E-state index in [1.807, 2.05) is 27.0 Å². The molecule has 0 heterocycles. The number of carboxylic acid groups (broad SMARTS) is 1. The van der Waals surface area contributed by atoms with Gasteiger partial charge in [0.15, 0.2) is 0 Å². The van der Waals surface area contributed by atoms with Gasteiger partial charge in [-0.15, -0.1) is 0 Å². The molecule has 0 rings (SSSR count). The maximum Gasteiger partial charge on any atom is 0.326 e. The Morgan fingerprint density at radius 1 is 0.938 bits per heavy atom. The molecule has 32 heavy (non-hydrogen) atoms. The zero-order valence-corrected chi connectivity index (χ0v) is 20.7. The summed E-state index contributed by atoms with van der Waals surface area (Å²) >= 11 is 1.46. The van der Waals surface area contributed by atoms with Crippen molar-refractivity contribution in [1.82, 2.24) is 16.0 Å². The van der Waals surface area contributed by atoms with E-state index in [1.165, 1.54) is 18.7 Å². The molecule has 0 aromatic rings. The van der Waals surface area contributed by atoms with Crippen molar-refractivity contribution in [3.05, 3.63) is 0 Å². The third-order valence-electron chi connectivity index (χ3n) is 5.19. The van der Waals surface area contributed by atoms with E-state index >= 15 is 0 Å². The van der Waals surface area contributed by atoms with Gasteiger partial charge in [-0.25, -0.2) is 4.79 Å². The number of aliphatic carboxylic acids is 1. The molecule has 7 N–H and O–H groups in total. The minimum absolute atomic E-state index is 0.0418. The average molecular weight is 477 g/mol. The third-order valence-corrected chi connectivity index (χ3v) is 5.83. The Morgan fingerprint density at radius 3 is 1.94 bits per heavy atom. The van der Waals surface area contributed by atoms with E-state index < -0.39 is 54.0 Å². The molecule has 0 aromatic heterocycles. The number of carboxylic acids is 1. The summed E-state index contributed by atoms with van der Waals surface area (Å²) in [5.74, 6) is -2.66. The molecular weight excluding hydrogens is 436 g/mol. The molecule has 0 saturated heterocycles. The van der Waals surface area contributed by atoms with Crippen LogP contribution < -0.4 is 21.7 Å². The molecule has 0 aliphatic heterocycles. The molecule has 10 nitrogen and oxygen atoms in total. The molecule has 0 radical (unpaired) electrons. The third kappa shape index (κ3) is 10.6. The topological polar surface area (TPSA) is 171 Å². The zero-order valence-electron chi connectivity index (χ0n) is 19.9. The van der Waals surface area contributed by atoms with E-state index in [2.05, 4.69) is 16.0 Å². The lowest BCUT2D eigenvalue weighted by atomic mass is 9.98. The zero-order chi connectivity index (χ0) is 25.0. The molecule has 0 aromatic carbocycles. The fourth-order valence-corrected chi connectivity index (χ4v) is 3.37. The monoisotopic (exact) mass is 476 g/mol. The summed E-state index contributed by atoms with van der Waals surface area (Å²) in [6, 6.07) is -4.27. The van der Waals surface area contributed by atoms with Crippen molar-refractivity contribution < 1.29 is 29.4 Å². The number of hydrogen-bond donors (Lipinski definition) is 6. The van der Waals surface area contributed by atoms with E-state index in [-0.39, 0.29) is 24.7 Å². The second-order valence-corrected chi connectivity index (χ2v) is 9.50. The van der Waals surface area contributed by atoms with E-state index in [0.717, 1.165) is 0 Å². The Morgan fingerprint density at radius 2 is 1.50 bits per heavy atom. The minimum Gasteiger partial charge on any atom is -0.480 e. The summed E-state index contributed by atoms with van der Waals surface area (Å²) in [6.07, 6.45) is 1.76. The second kappa shape index (κ2) is 15.1. The Labute approximate surface area is 194 Å². The van der Waals surface area contributed by atoms with Crippen LogP contribution in [0.1, 0.15) is 53.9 Å². The first-order valence-electron chi connectivity index (χ1n) is 10.9. The predicted octanol–water partition coefficient (Wildman–Crippen LogP) is 0.0788. The molecule has 11 heteroatoms. The van der Waals surface area contributed by atoms with Gasteiger partial charge >= 0.3 is 5.97 Å². The second-order valence-electron chi connectivity index (χ2n) is 8.51. The van der Waals surface area contributed by atoms with Gasteiger partial charge in [-0.05, 0) is 43.6 Å². The first-order chi connectivity index (χ1) is 14.8. The number of aliphatic hydroxyl groups is 1. The lowest BCUT2D eigenvalue weighted by Gasteiger charge is -2.27. The van der Waals surface area contributed by atoms with Crippen molar-refractivity contribution in [2.75, 3.05) is 12.0 Å². The van der Waals surface area contributed by atoms with Crippen LogP contribution in [0.4, 0.5) is 0 Å². The summed E-state index contributed by atoms with van der Waals surface area (Å²) in [7, 11) is 0.